The number of rotatable bonds is 14. The summed E-state index contributed by atoms with van der Waals surface area (Å²) in [7, 11) is 21.5. The van der Waals surface area contributed by atoms with Crippen LogP contribution in [0.5, 0.6) is 17.2 Å². The average Bonchev–Trinajstić information content (AvgIpc) is 3.25. The molecule has 9 nitrogen and oxygen atoms in total. The van der Waals surface area contributed by atoms with Gasteiger partial charge in [0.05, 0.1) is 38.1 Å². The fraction of sp³-hybridized carbons (Fsp3) is 0.640. The Morgan fingerprint density at radius 2 is 0.814 bits per heavy atom. The molecule has 0 aliphatic heterocycles. The summed E-state index contributed by atoms with van der Waals surface area (Å²) in [4.78, 5) is 6.70. The van der Waals surface area contributed by atoms with Crippen LogP contribution in [-0.2, 0) is 26.3 Å². The lowest BCUT2D eigenvalue weighted by Crippen LogP contribution is -2.44. The molecule has 3 fully saturated rings. The van der Waals surface area contributed by atoms with E-state index in [4.69, 9.17) is 23.7 Å². The van der Waals surface area contributed by atoms with Crippen molar-refractivity contribution in [1.29, 1.82) is 0 Å². The Hall–Kier alpha value is -3.18. The molecular weight excluding hydrogens is 739 g/mol. The Bertz CT molecular complexity index is 1590. The molecule has 0 saturated heterocycles. The van der Waals surface area contributed by atoms with Crippen LogP contribution in [0.1, 0.15) is 93.7 Å². The molecule has 0 bridgehead atoms. The van der Waals surface area contributed by atoms with E-state index in [1.165, 1.54) is 56.1 Å². The summed E-state index contributed by atoms with van der Waals surface area (Å²) in [6.45, 7) is 3.05. The van der Waals surface area contributed by atoms with Crippen molar-refractivity contribution >= 4 is 0 Å². The van der Waals surface area contributed by atoms with Gasteiger partial charge in [0.25, 0.3) is 0 Å². The Balaban J connectivity index is 0.000000196. The fourth-order valence-electron chi connectivity index (χ4n) is 10.3. The minimum atomic E-state index is -0.711. The summed E-state index contributed by atoms with van der Waals surface area (Å²) in [6.07, 6.45) is 13.9. The molecule has 6 rings (SSSR count). The maximum absolute atomic E-state index is 11.2. The van der Waals surface area contributed by atoms with Crippen molar-refractivity contribution in [2.45, 2.75) is 93.9 Å². The van der Waals surface area contributed by atoms with Crippen LogP contribution in [-0.4, -0.2) is 117 Å². The lowest BCUT2D eigenvalue weighted by Gasteiger charge is -2.44. The maximum atomic E-state index is 11.2. The molecule has 6 atom stereocenters. The van der Waals surface area contributed by atoms with E-state index < -0.39 is 5.60 Å². The molecule has 3 saturated carbocycles. The summed E-state index contributed by atoms with van der Waals surface area (Å²) in [5, 5.41) is 11.2. The summed E-state index contributed by atoms with van der Waals surface area (Å²) >= 11 is 0. The number of nitrogens with zero attached hydrogens (tertiary/aromatic N) is 3. The third kappa shape index (κ3) is 12.5. The van der Waals surface area contributed by atoms with Crippen molar-refractivity contribution in [3.05, 3.63) is 89.5 Å². The van der Waals surface area contributed by atoms with Gasteiger partial charge in [-0.3, -0.25) is 0 Å². The van der Waals surface area contributed by atoms with Gasteiger partial charge in [0, 0.05) is 51.6 Å². The predicted octanol–water partition coefficient (Wildman–Crippen LogP) is 9.21. The SMILES string of the molecule is COc1cccc([C@@]2(O)CCCC[C@@H]2CN(C)C)c1.COc1cccc([C@@]2(OC)CCCC[C@@H]2CN(C)C)c1.COc1cccc([C@]2(OC)CCCC[C@@H]2CN(C)C)c1. The van der Waals surface area contributed by atoms with Gasteiger partial charge in [-0.15, -0.1) is 0 Å². The zero-order valence-corrected chi connectivity index (χ0v) is 38.6. The topological polar surface area (TPSA) is 76.1 Å². The molecule has 0 amide bonds. The molecule has 0 unspecified atom stereocenters. The molecule has 330 valence electrons. The van der Waals surface area contributed by atoms with Crippen LogP contribution in [0.3, 0.4) is 0 Å². The van der Waals surface area contributed by atoms with Gasteiger partial charge in [0.2, 0.25) is 0 Å². The van der Waals surface area contributed by atoms with Crippen molar-refractivity contribution in [2.24, 2.45) is 17.8 Å². The van der Waals surface area contributed by atoms with Gasteiger partial charge in [-0.25, -0.2) is 0 Å². The first-order valence-corrected chi connectivity index (χ1v) is 22.0. The molecule has 0 aromatic heterocycles. The van der Waals surface area contributed by atoms with Crippen LogP contribution < -0.4 is 14.2 Å². The van der Waals surface area contributed by atoms with E-state index in [2.05, 4.69) is 93.4 Å². The molecule has 59 heavy (non-hydrogen) atoms. The van der Waals surface area contributed by atoms with E-state index in [0.29, 0.717) is 17.8 Å². The zero-order chi connectivity index (χ0) is 43.1. The Labute approximate surface area is 358 Å². The average molecular weight is 818 g/mol. The molecule has 3 aromatic carbocycles. The van der Waals surface area contributed by atoms with E-state index in [1.54, 1.807) is 21.3 Å². The third-order valence-electron chi connectivity index (χ3n) is 13.2. The van der Waals surface area contributed by atoms with Gasteiger partial charge in [0.1, 0.15) is 17.2 Å². The molecule has 1 N–H and O–H groups in total. The highest BCUT2D eigenvalue weighted by molar-refractivity contribution is 5.35. The van der Waals surface area contributed by atoms with E-state index in [-0.39, 0.29) is 11.2 Å². The van der Waals surface area contributed by atoms with Gasteiger partial charge >= 0.3 is 0 Å². The quantitative estimate of drug-likeness (QED) is 0.172. The Kier molecular flexibility index (Phi) is 19.0. The first-order chi connectivity index (χ1) is 28.3. The second-order valence-corrected chi connectivity index (χ2v) is 17.9. The molecule has 0 radical (unpaired) electrons. The van der Waals surface area contributed by atoms with Crippen molar-refractivity contribution in [3.8, 4) is 17.2 Å². The van der Waals surface area contributed by atoms with Crippen LogP contribution in [0, 0.1) is 17.8 Å². The number of ether oxygens (including phenoxy) is 5. The largest absolute Gasteiger partial charge is 0.497 e. The lowest BCUT2D eigenvalue weighted by molar-refractivity contribution is -0.0953. The zero-order valence-electron chi connectivity index (χ0n) is 38.6. The highest BCUT2D eigenvalue weighted by atomic mass is 16.5. The molecule has 0 spiro atoms. The van der Waals surface area contributed by atoms with Crippen molar-refractivity contribution < 1.29 is 28.8 Å². The Morgan fingerprint density at radius 1 is 0.475 bits per heavy atom. The molecule has 3 aromatic rings. The van der Waals surface area contributed by atoms with E-state index in [9.17, 15) is 5.11 Å². The van der Waals surface area contributed by atoms with Gasteiger partial charge < -0.3 is 43.5 Å². The van der Waals surface area contributed by atoms with Crippen LogP contribution in [0.4, 0.5) is 0 Å². The smallest absolute Gasteiger partial charge is 0.119 e. The highest BCUT2D eigenvalue weighted by Gasteiger charge is 2.44. The fourth-order valence-corrected chi connectivity index (χ4v) is 10.3. The minimum absolute atomic E-state index is 0.170. The van der Waals surface area contributed by atoms with Crippen molar-refractivity contribution in [3.63, 3.8) is 0 Å². The molecule has 9 heteroatoms. The van der Waals surface area contributed by atoms with Crippen molar-refractivity contribution in [2.75, 3.05) is 97.5 Å². The second-order valence-electron chi connectivity index (χ2n) is 17.9. The van der Waals surface area contributed by atoms with Crippen LogP contribution in [0.25, 0.3) is 0 Å². The van der Waals surface area contributed by atoms with Crippen molar-refractivity contribution in [1.82, 2.24) is 14.7 Å². The van der Waals surface area contributed by atoms with Gasteiger partial charge in [-0.2, -0.15) is 0 Å². The van der Waals surface area contributed by atoms with Gasteiger partial charge in [-0.1, -0.05) is 74.9 Å². The van der Waals surface area contributed by atoms with Crippen LogP contribution in [0.15, 0.2) is 72.8 Å². The van der Waals surface area contributed by atoms with E-state index in [1.807, 2.05) is 50.6 Å². The predicted molar refractivity (Wildman–Crippen MR) is 242 cm³/mol. The molecule has 0 heterocycles. The standard InChI is InChI=1S/2C17H27NO2.C16H25NO2/c2*1-18(2)13-15-8-5-6-11-17(15,20-4)14-9-7-10-16(12-14)19-3;1-17(2)12-14-7-4-5-10-16(14,18)13-8-6-9-15(11-13)19-3/h2*7,9-10,12,15H,5-6,8,11,13H2,1-4H3;6,8-9,11,14,18H,4-5,7,10,12H2,1-3H3/t15-,17+;15-,17-;14-,16+/m111/s1. The lowest BCUT2D eigenvalue weighted by atomic mass is 9.71. The monoisotopic (exact) mass is 818 g/mol. The Morgan fingerprint density at radius 3 is 1.19 bits per heavy atom. The minimum Gasteiger partial charge on any atom is -0.497 e. The van der Waals surface area contributed by atoms with E-state index >= 15 is 0 Å². The number of aliphatic hydroxyl groups is 1. The maximum Gasteiger partial charge on any atom is 0.119 e. The number of hydrogen-bond acceptors (Lipinski definition) is 9. The van der Waals surface area contributed by atoms with Crippen LogP contribution in [0.2, 0.25) is 0 Å². The van der Waals surface area contributed by atoms with Crippen LogP contribution >= 0.6 is 0 Å². The number of hydrogen-bond donors (Lipinski definition) is 1. The second kappa shape index (κ2) is 23.2. The first-order valence-electron chi connectivity index (χ1n) is 22.0. The molecule has 3 aliphatic carbocycles. The van der Waals surface area contributed by atoms with Gasteiger partial charge in [0.15, 0.2) is 0 Å². The molecule has 3 aliphatic rings. The third-order valence-corrected chi connectivity index (χ3v) is 13.2. The number of methoxy groups -OCH3 is 5. The number of benzene rings is 3. The first kappa shape index (κ1) is 48.5. The van der Waals surface area contributed by atoms with Gasteiger partial charge in [-0.05, 0) is 134 Å². The summed E-state index contributed by atoms with van der Waals surface area (Å²) in [5.74, 6) is 4.00. The summed E-state index contributed by atoms with van der Waals surface area (Å²) in [5.41, 5.74) is 2.46. The molecular formula is C50H79N3O6. The highest BCUT2D eigenvalue weighted by Crippen LogP contribution is 2.47. The summed E-state index contributed by atoms with van der Waals surface area (Å²) in [6, 6.07) is 24.7. The summed E-state index contributed by atoms with van der Waals surface area (Å²) < 4.78 is 28.2. The normalized spacial score (nSPS) is 27.0. The van der Waals surface area contributed by atoms with E-state index in [0.717, 1.165) is 74.6 Å².